The summed E-state index contributed by atoms with van der Waals surface area (Å²) in [5.41, 5.74) is 9.14. The van der Waals surface area contributed by atoms with Gasteiger partial charge < -0.3 is 11.1 Å². The zero-order chi connectivity index (χ0) is 13.1. The van der Waals surface area contributed by atoms with Crippen molar-refractivity contribution in [1.82, 2.24) is 0 Å². The number of rotatable bonds is 3. The van der Waals surface area contributed by atoms with Gasteiger partial charge in [0, 0.05) is 17.3 Å². The highest BCUT2D eigenvalue weighted by atomic mass is 32.1. The molecule has 2 unspecified atom stereocenters. The number of aryl methyl sites for hydroxylation is 1. The number of hydrogen-bond acceptors (Lipinski definition) is 2. The molecular weight excluding hydrogens is 240 g/mol. The highest BCUT2D eigenvalue weighted by Crippen LogP contribution is 2.29. The molecule has 1 saturated carbocycles. The van der Waals surface area contributed by atoms with Crippen molar-refractivity contribution in [3.8, 4) is 0 Å². The van der Waals surface area contributed by atoms with Gasteiger partial charge in [0.05, 0.1) is 0 Å². The van der Waals surface area contributed by atoms with E-state index in [4.69, 9.17) is 18.0 Å². The molecule has 3 heteroatoms. The van der Waals surface area contributed by atoms with Crippen molar-refractivity contribution < 1.29 is 0 Å². The van der Waals surface area contributed by atoms with Crippen LogP contribution in [-0.4, -0.2) is 11.0 Å². The van der Waals surface area contributed by atoms with Gasteiger partial charge in [0.2, 0.25) is 0 Å². The summed E-state index contributed by atoms with van der Waals surface area (Å²) in [6, 6.07) is 6.68. The van der Waals surface area contributed by atoms with E-state index in [0.29, 0.717) is 11.0 Å². The van der Waals surface area contributed by atoms with E-state index in [1.165, 1.54) is 31.2 Å². The molecule has 18 heavy (non-hydrogen) atoms. The van der Waals surface area contributed by atoms with E-state index in [-0.39, 0.29) is 0 Å². The SMILES string of the molecule is Cc1cccc(C(N)=S)c1NC1CCCCC1C. The highest BCUT2D eigenvalue weighted by Gasteiger charge is 2.22. The molecule has 0 heterocycles. The normalized spacial score (nSPS) is 23.7. The standard InChI is InChI=1S/C15H22N2S/c1-10-6-3-4-9-13(10)17-14-11(2)7-5-8-12(14)15(16)18/h5,7-8,10,13,17H,3-4,6,9H2,1-2H3,(H2,16,18). The number of anilines is 1. The summed E-state index contributed by atoms with van der Waals surface area (Å²) in [4.78, 5) is 0.477. The van der Waals surface area contributed by atoms with E-state index in [1.54, 1.807) is 0 Å². The Hall–Kier alpha value is -1.09. The molecular formula is C15H22N2S. The van der Waals surface area contributed by atoms with E-state index in [1.807, 2.05) is 12.1 Å². The van der Waals surface area contributed by atoms with Crippen LogP contribution in [-0.2, 0) is 0 Å². The molecule has 1 fully saturated rings. The van der Waals surface area contributed by atoms with Crippen LogP contribution in [0.3, 0.4) is 0 Å². The van der Waals surface area contributed by atoms with Crippen molar-refractivity contribution in [2.24, 2.45) is 11.7 Å². The van der Waals surface area contributed by atoms with Gasteiger partial charge in [-0.1, -0.05) is 44.1 Å². The Kier molecular flexibility index (Phi) is 4.23. The molecule has 0 spiro atoms. The third-order valence-electron chi connectivity index (χ3n) is 3.98. The lowest BCUT2D eigenvalue weighted by molar-refractivity contribution is 0.349. The Morgan fingerprint density at radius 1 is 1.33 bits per heavy atom. The number of hydrogen-bond donors (Lipinski definition) is 2. The lowest BCUT2D eigenvalue weighted by atomic mass is 9.85. The molecule has 98 valence electrons. The first-order valence-corrected chi connectivity index (χ1v) is 7.16. The van der Waals surface area contributed by atoms with Gasteiger partial charge in [0.25, 0.3) is 0 Å². The predicted octanol–water partition coefficient (Wildman–Crippen LogP) is 3.62. The molecule has 0 saturated heterocycles. The Balaban J connectivity index is 2.24. The van der Waals surface area contributed by atoms with Gasteiger partial charge >= 0.3 is 0 Å². The summed E-state index contributed by atoms with van der Waals surface area (Å²) < 4.78 is 0. The van der Waals surface area contributed by atoms with E-state index in [0.717, 1.165) is 17.2 Å². The monoisotopic (exact) mass is 262 g/mol. The largest absolute Gasteiger partial charge is 0.389 e. The van der Waals surface area contributed by atoms with Crippen LogP contribution in [0, 0.1) is 12.8 Å². The van der Waals surface area contributed by atoms with Crippen LogP contribution in [0.5, 0.6) is 0 Å². The minimum Gasteiger partial charge on any atom is -0.389 e. The summed E-state index contributed by atoms with van der Waals surface area (Å²) in [7, 11) is 0. The number of thiocarbonyl (C=S) groups is 1. The van der Waals surface area contributed by atoms with Crippen LogP contribution in [0.2, 0.25) is 0 Å². The topological polar surface area (TPSA) is 38.0 Å². The second-order valence-electron chi connectivity index (χ2n) is 5.37. The first-order valence-electron chi connectivity index (χ1n) is 6.75. The summed E-state index contributed by atoms with van der Waals surface area (Å²) >= 11 is 5.14. The van der Waals surface area contributed by atoms with Crippen molar-refractivity contribution >= 4 is 22.9 Å². The fourth-order valence-electron chi connectivity index (χ4n) is 2.78. The van der Waals surface area contributed by atoms with Crippen LogP contribution in [0.15, 0.2) is 18.2 Å². The Labute approximate surface area is 115 Å². The molecule has 0 aromatic heterocycles. The van der Waals surface area contributed by atoms with Gasteiger partial charge in [-0.25, -0.2) is 0 Å². The van der Waals surface area contributed by atoms with Crippen molar-refractivity contribution in [2.75, 3.05) is 5.32 Å². The number of nitrogens with two attached hydrogens (primary N) is 1. The second kappa shape index (κ2) is 5.70. The third-order valence-corrected chi connectivity index (χ3v) is 4.20. The summed E-state index contributed by atoms with van der Waals surface area (Å²) in [6.07, 6.45) is 5.23. The molecule has 1 aromatic carbocycles. The molecule has 3 N–H and O–H groups in total. The maximum atomic E-state index is 5.81. The highest BCUT2D eigenvalue weighted by molar-refractivity contribution is 7.80. The van der Waals surface area contributed by atoms with Crippen molar-refractivity contribution in [2.45, 2.75) is 45.6 Å². The van der Waals surface area contributed by atoms with Gasteiger partial charge in [-0.05, 0) is 37.3 Å². The zero-order valence-electron chi connectivity index (χ0n) is 11.2. The average molecular weight is 262 g/mol. The number of benzene rings is 1. The van der Waals surface area contributed by atoms with Crippen LogP contribution < -0.4 is 11.1 Å². The lowest BCUT2D eigenvalue weighted by Crippen LogP contribution is -2.31. The molecule has 1 aromatic rings. The number of para-hydroxylation sites is 1. The van der Waals surface area contributed by atoms with Gasteiger partial charge in [0.15, 0.2) is 0 Å². The Morgan fingerprint density at radius 2 is 2.06 bits per heavy atom. The molecule has 0 bridgehead atoms. The van der Waals surface area contributed by atoms with E-state index in [2.05, 4.69) is 25.2 Å². The van der Waals surface area contributed by atoms with Gasteiger partial charge in [-0.3, -0.25) is 0 Å². The Bertz CT molecular complexity index is 442. The first kappa shape index (κ1) is 13.3. The molecule has 2 nitrogen and oxygen atoms in total. The molecule has 2 rings (SSSR count). The minimum atomic E-state index is 0.477. The summed E-state index contributed by atoms with van der Waals surface area (Å²) in [5, 5.41) is 3.68. The first-order chi connectivity index (χ1) is 8.59. The fraction of sp³-hybridized carbons (Fsp3) is 0.533. The van der Waals surface area contributed by atoms with Crippen LogP contribution in [0.4, 0.5) is 5.69 Å². The van der Waals surface area contributed by atoms with Crippen molar-refractivity contribution in [1.29, 1.82) is 0 Å². The minimum absolute atomic E-state index is 0.477. The molecule has 0 aliphatic heterocycles. The van der Waals surface area contributed by atoms with E-state index in [9.17, 15) is 0 Å². The maximum absolute atomic E-state index is 5.81. The quantitative estimate of drug-likeness (QED) is 0.817. The fourth-order valence-corrected chi connectivity index (χ4v) is 2.95. The van der Waals surface area contributed by atoms with E-state index >= 15 is 0 Å². The smallest absolute Gasteiger partial charge is 0.106 e. The maximum Gasteiger partial charge on any atom is 0.106 e. The molecule has 0 radical (unpaired) electrons. The third kappa shape index (κ3) is 2.83. The van der Waals surface area contributed by atoms with Gasteiger partial charge in [-0.15, -0.1) is 0 Å². The molecule has 1 aliphatic carbocycles. The average Bonchev–Trinajstić information content (AvgIpc) is 2.34. The zero-order valence-corrected chi connectivity index (χ0v) is 12.0. The van der Waals surface area contributed by atoms with E-state index < -0.39 is 0 Å². The Morgan fingerprint density at radius 3 is 2.72 bits per heavy atom. The van der Waals surface area contributed by atoms with Crippen LogP contribution in [0.25, 0.3) is 0 Å². The van der Waals surface area contributed by atoms with Gasteiger partial charge in [-0.2, -0.15) is 0 Å². The van der Waals surface area contributed by atoms with Crippen molar-refractivity contribution in [3.63, 3.8) is 0 Å². The van der Waals surface area contributed by atoms with Crippen LogP contribution >= 0.6 is 12.2 Å². The summed E-state index contributed by atoms with van der Waals surface area (Å²) in [6.45, 7) is 4.44. The molecule has 2 atom stereocenters. The lowest BCUT2D eigenvalue weighted by Gasteiger charge is -2.31. The second-order valence-corrected chi connectivity index (χ2v) is 5.81. The predicted molar refractivity (Wildman–Crippen MR) is 82.1 cm³/mol. The van der Waals surface area contributed by atoms with Gasteiger partial charge in [0.1, 0.15) is 4.99 Å². The van der Waals surface area contributed by atoms with Crippen molar-refractivity contribution in [3.05, 3.63) is 29.3 Å². The summed E-state index contributed by atoms with van der Waals surface area (Å²) in [5.74, 6) is 0.720. The molecule has 0 amide bonds. The van der Waals surface area contributed by atoms with Crippen LogP contribution in [0.1, 0.15) is 43.7 Å². The molecule has 1 aliphatic rings. The number of nitrogens with one attached hydrogen (secondary N) is 1.